The summed E-state index contributed by atoms with van der Waals surface area (Å²) in [6, 6.07) is 24.1. The third-order valence-corrected chi connectivity index (χ3v) is 8.96. The van der Waals surface area contributed by atoms with Crippen LogP contribution in [-0.4, -0.2) is 11.6 Å². The van der Waals surface area contributed by atoms with Crippen molar-refractivity contribution in [2.75, 3.05) is 0 Å². The van der Waals surface area contributed by atoms with Crippen LogP contribution in [0.4, 0.5) is 0 Å². The van der Waals surface area contributed by atoms with Crippen molar-refractivity contribution in [3.8, 4) is 0 Å². The molecule has 4 aliphatic rings. The normalized spacial score (nSPS) is 19.1. The SMILES string of the molecule is O=C1c2ccccc2C(=O)c2cc3c(cc21)C1c2ccccc2C3c2cc(Br)c(Br)cc21. The molecule has 0 saturated carbocycles. The van der Waals surface area contributed by atoms with Gasteiger partial charge in [0.2, 0.25) is 0 Å². The van der Waals surface area contributed by atoms with Crippen LogP contribution in [0.5, 0.6) is 0 Å². The van der Waals surface area contributed by atoms with Gasteiger partial charge in [0.25, 0.3) is 0 Å². The van der Waals surface area contributed by atoms with Gasteiger partial charge < -0.3 is 0 Å². The van der Waals surface area contributed by atoms with Gasteiger partial charge in [-0.25, -0.2) is 0 Å². The Morgan fingerprint density at radius 2 is 0.844 bits per heavy atom. The summed E-state index contributed by atoms with van der Waals surface area (Å²) in [5.74, 6) is -0.0539. The summed E-state index contributed by atoms with van der Waals surface area (Å²) in [6.07, 6.45) is 0. The van der Waals surface area contributed by atoms with Crippen LogP contribution < -0.4 is 0 Å². The zero-order valence-corrected chi connectivity index (χ0v) is 19.8. The molecule has 32 heavy (non-hydrogen) atoms. The van der Waals surface area contributed by atoms with Gasteiger partial charge in [0.1, 0.15) is 0 Å². The number of halogens is 2. The standard InChI is InChI=1S/C28H14Br2O2/c29-23-11-19-20(12-24(23)30)26-14-6-2-1-5-13(14)25(19)17-9-21-22(10-18(17)26)28(32)16-8-4-3-7-15(16)27(21)31/h1-12,25-26H. The summed E-state index contributed by atoms with van der Waals surface area (Å²) in [6.45, 7) is 0. The molecule has 0 radical (unpaired) electrons. The van der Waals surface area contributed by atoms with Crippen LogP contribution >= 0.6 is 31.9 Å². The van der Waals surface area contributed by atoms with E-state index in [9.17, 15) is 9.59 Å². The Hall–Kier alpha value is -2.82. The number of fused-ring (bicyclic) bond motifs is 2. The molecule has 2 bridgehead atoms. The second kappa shape index (κ2) is 6.37. The zero-order chi connectivity index (χ0) is 21.7. The Morgan fingerprint density at radius 1 is 0.469 bits per heavy atom. The number of carbonyl (C=O) groups excluding carboxylic acids is 2. The largest absolute Gasteiger partial charge is 0.289 e. The first kappa shape index (κ1) is 18.7. The van der Waals surface area contributed by atoms with Crippen LogP contribution in [0.1, 0.15) is 77.1 Å². The van der Waals surface area contributed by atoms with Gasteiger partial charge in [0.05, 0.1) is 0 Å². The highest BCUT2D eigenvalue weighted by atomic mass is 79.9. The molecule has 8 rings (SSSR count). The van der Waals surface area contributed by atoms with Crippen LogP contribution in [0.25, 0.3) is 0 Å². The molecule has 2 unspecified atom stereocenters. The van der Waals surface area contributed by atoms with Crippen molar-refractivity contribution in [3.63, 3.8) is 0 Å². The molecule has 0 aromatic heterocycles. The molecule has 4 aromatic rings. The molecule has 2 atom stereocenters. The van der Waals surface area contributed by atoms with Crippen molar-refractivity contribution in [3.05, 3.63) is 137 Å². The lowest BCUT2D eigenvalue weighted by molar-refractivity contribution is 0.0979. The van der Waals surface area contributed by atoms with E-state index in [2.05, 4.69) is 68.3 Å². The van der Waals surface area contributed by atoms with Crippen molar-refractivity contribution in [1.82, 2.24) is 0 Å². The molecule has 4 aliphatic carbocycles. The summed E-state index contributed by atoms with van der Waals surface area (Å²) in [5.41, 5.74) is 9.38. The van der Waals surface area contributed by atoms with E-state index in [4.69, 9.17) is 0 Å². The molecule has 0 saturated heterocycles. The summed E-state index contributed by atoms with van der Waals surface area (Å²) >= 11 is 7.35. The summed E-state index contributed by atoms with van der Waals surface area (Å²) in [4.78, 5) is 26.7. The molecular formula is C28H14Br2O2. The minimum Gasteiger partial charge on any atom is -0.289 e. The van der Waals surface area contributed by atoms with E-state index < -0.39 is 0 Å². The third kappa shape index (κ3) is 2.24. The molecule has 152 valence electrons. The lowest BCUT2D eigenvalue weighted by Gasteiger charge is -2.43. The number of carbonyl (C=O) groups is 2. The van der Waals surface area contributed by atoms with E-state index in [-0.39, 0.29) is 23.4 Å². The number of benzene rings is 4. The van der Waals surface area contributed by atoms with Gasteiger partial charge in [-0.3, -0.25) is 9.59 Å². The maximum atomic E-state index is 13.4. The number of hydrogen-bond donors (Lipinski definition) is 0. The average molecular weight is 542 g/mol. The second-order valence-electron chi connectivity index (χ2n) is 8.62. The zero-order valence-electron chi connectivity index (χ0n) is 16.7. The highest BCUT2D eigenvalue weighted by Gasteiger charge is 2.43. The van der Waals surface area contributed by atoms with Crippen molar-refractivity contribution in [1.29, 1.82) is 0 Å². The quantitative estimate of drug-likeness (QED) is 0.208. The monoisotopic (exact) mass is 540 g/mol. The third-order valence-electron chi connectivity index (χ3n) is 7.12. The Labute approximate surface area is 201 Å². The molecule has 0 heterocycles. The van der Waals surface area contributed by atoms with E-state index in [1.54, 1.807) is 12.1 Å². The highest BCUT2D eigenvalue weighted by molar-refractivity contribution is 9.13. The number of hydrogen-bond acceptors (Lipinski definition) is 2. The van der Waals surface area contributed by atoms with E-state index in [1.165, 1.54) is 22.3 Å². The van der Waals surface area contributed by atoms with Gasteiger partial charge in [-0.05, 0) is 89.5 Å². The fraction of sp³-hybridized carbons (Fsp3) is 0.0714. The van der Waals surface area contributed by atoms with Crippen LogP contribution in [0.3, 0.4) is 0 Å². The van der Waals surface area contributed by atoms with Crippen LogP contribution in [0.2, 0.25) is 0 Å². The lowest BCUT2D eigenvalue weighted by Crippen LogP contribution is -2.30. The van der Waals surface area contributed by atoms with Crippen molar-refractivity contribution in [2.24, 2.45) is 0 Å². The molecule has 4 heteroatoms. The molecule has 0 fully saturated rings. The van der Waals surface area contributed by atoms with E-state index in [0.29, 0.717) is 22.3 Å². The maximum Gasteiger partial charge on any atom is 0.194 e. The molecule has 0 spiro atoms. The first-order valence-corrected chi connectivity index (χ1v) is 12.1. The first-order chi connectivity index (χ1) is 15.5. The number of ketones is 2. The van der Waals surface area contributed by atoms with Crippen LogP contribution in [0.15, 0.2) is 81.7 Å². The van der Waals surface area contributed by atoms with E-state index in [1.807, 2.05) is 24.3 Å². The van der Waals surface area contributed by atoms with E-state index in [0.717, 1.165) is 20.1 Å². The predicted molar refractivity (Wildman–Crippen MR) is 130 cm³/mol. The van der Waals surface area contributed by atoms with Crippen molar-refractivity contribution < 1.29 is 9.59 Å². The van der Waals surface area contributed by atoms with Gasteiger partial charge in [-0.2, -0.15) is 0 Å². The summed E-state index contributed by atoms with van der Waals surface area (Å²) in [7, 11) is 0. The van der Waals surface area contributed by atoms with Gasteiger partial charge in [-0.1, -0.05) is 48.5 Å². The molecule has 0 amide bonds. The molecule has 0 N–H and O–H groups in total. The van der Waals surface area contributed by atoms with Gasteiger partial charge in [0, 0.05) is 43.0 Å². The number of rotatable bonds is 0. The maximum absolute atomic E-state index is 13.4. The molecular weight excluding hydrogens is 528 g/mol. The molecule has 4 aromatic carbocycles. The first-order valence-electron chi connectivity index (χ1n) is 10.5. The van der Waals surface area contributed by atoms with Crippen molar-refractivity contribution >= 4 is 43.4 Å². The van der Waals surface area contributed by atoms with E-state index >= 15 is 0 Å². The van der Waals surface area contributed by atoms with Gasteiger partial charge in [0.15, 0.2) is 11.6 Å². The smallest absolute Gasteiger partial charge is 0.194 e. The minimum absolute atomic E-state index is 0.0379. The second-order valence-corrected chi connectivity index (χ2v) is 10.3. The molecule has 2 nitrogen and oxygen atoms in total. The fourth-order valence-electron chi connectivity index (χ4n) is 5.80. The average Bonchev–Trinajstić information content (AvgIpc) is 2.82. The lowest BCUT2D eigenvalue weighted by atomic mass is 9.60. The topological polar surface area (TPSA) is 34.1 Å². The fourth-order valence-corrected chi connectivity index (χ4v) is 6.52. The Kier molecular flexibility index (Phi) is 3.73. The predicted octanol–water partition coefficient (Wildman–Crippen LogP) is 6.97. The minimum atomic E-state index is -0.0649. The van der Waals surface area contributed by atoms with Crippen LogP contribution in [-0.2, 0) is 0 Å². The van der Waals surface area contributed by atoms with Gasteiger partial charge in [-0.15, -0.1) is 0 Å². The Balaban J connectivity index is 1.54. The highest BCUT2D eigenvalue weighted by Crippen LogP contribution is 2.57. The van der Waals surface area contributed by atoms with Crippen LogP contribution in [0, 0.1) is 0 Å². The Bertz CT molecular complexity index is 1440. The summed E-state index contributed by atoms with van der Waals surface area (Å²) < 4.78 is 2.03. The van der Waals surface area contributed by atoms with Crippen molar-refractivity contribution in [2.45, 2.75) is 11.8 Å². The van der Waals surface area contributed by atoms with Gasteiger partial charge >= 0.3 is 0 Å². The Morgan fingerprint density at radius 3 is 1.28 bits per heavy atom. The molecule has 0 aliphatic heterocycles. The summed E-state index contributed by atoms with van der Waals surface area (Å²) in [5, 5.41) is 0.